The topological polar surface area (TPSA) is 29.5 Å². The Labute approximate surface area is 199 Å². The van der Waals surface area contributed by atoms with Gasteiger partial charge in [0.1, 0.15) is 9.57 Å². The van der Waals surface area contributed by atoms with Crippen LogP contribution in [0.2, 0.25) is 0 Å². The van der Waals surface area contributed by atoms with Crippen LogP contribution in [0, 0.1) is 3.82 Å². The largest absolute Gasteiger partial charge is 0.497 e. The van der Waals surface area contributed by atoms with E-state index in [1.54, 1.807) is 27.8 Å². The van der Waals surface area contributed by atoms with Crippen LogP contribution in [0.5, 0.6) is 5.75 Å². The van der Waals surface area contributed by atoms with Crippen LogP contribution < -0.4 is 9.64 Å². The zero-order valence-corrected chi connectivity index (χ0v) is 20.4. The molecule has 2 heterocycles. The number of fused-ring (bicyclic) bond motifs is 3. The lowest BCUT2D eigenvalue weighted by molar-refractivity contribution is 0.0961. The van der Waals surface area contributed by atoms with E-state index in [4.69, 9.17) is 17.0 Å². The van der Waals surface area contributed by atoms with Crippen LogP contribution in [-0.2, 0) is 5.54 Å². The number of amides is 1. The molecule has 6 heteroatoms. The molecule has 1 amide bonds. The van der Waals surface area contributed by atoms with E-state index >= 15 is 0 Å². The SMILES string of the molecule is COc1ccc2c(c1)-c1c(ssc1=S)C(C)(C)N2C(=O)c1ccc(-c2ccccc2)cc1. The number of benzene rings is 3. The van der Waals surface area contributed by atoms with E-state index in [2.05, 4.69) is 26.0 Å². The molecule has 1 aliphatic heterocycles. The monoisotopic (exact) mass is 475 g/mol. The van der Waals surface area contributed by atoms with Gasteiger partial charge in [0.25, 0.3) is 5.91 Å². The number of methoxy groups -OCH3 is 1. The Bertz CT molecular complexity index is 1370. The molecule has 0 radical (unpaired) electrons. The van der Waals surface area contributed by atoms with Crippen LogP contribution in [0.25, 0.3) is 22.3 Å². The van der Waals surface area contributed by atoms with Crippen LogP contribution >= 0.6 is 32.9 Å². The van der Waals surface area contributed by atoms with Crippen molar-refractivity contribution in [2.45, 2.75) is 19.4 Å². The van der Waals surface area contributed by atoms with Crippen molar-refractivity contribution in [3.8, 4) is 28.0 Å². The highest BCUT2D eigenvalue weighted by Crippen LogP contribution is 2.53. The van der Waals surface area contributed by atoms with Gasteiger partial charge >= 0.3 is 0 Å². The molecule has 4 aromatic rings. The number of carbonyl (C=O) groups is 1. The molecule has 0 aliphatic carbocycles. The van der Waals surface area contributed by atoms with E-state index in [9.17, 15) is 4.79 Å². The summed E-state index contributed by atoms with van der Waals surface area (Å²) < 4.78 is 6.32. The molecular weight excluding hydrogens is 454 g/mol. The Morgan fingerprint density at radius 2 is 1.62 bits per heavy atom. The molecule has 5 rings (SSSR count). The molecule has 1 aromatic heterocycles. The summed E-state index contributed by atoms with van der Waals surface area (Å²) in [6.07, 6.45) is 0. The second-order valence-corrected chi connectivity index (χ2v) is 11.0. The number of ether oxygens (including phenoxy) is 1. The zero-order valence-electron chi connectivity index (χ0n) is 17.9. The van der Waals surface area contributed by atoms with E-state index in [1.165, 1.54) is 0 Å². The highest BCUT2D eigenvalue weighted by atomic mass is 32.9. The van der Waals surface area contributed by atoms with Gasteiger partial charge in [-0.05, 0) is 55.3 Å². The average molecular weight is 476 g/mol. The molecule has 0 unspecified atom stereocenters. The number of hydrogen-bond acceptors (Lipinski definition) is 5. The zero-order chi connectivity index (χ0) is 22.5. The predicted octanol–water partition coefficient (Wildman–Crippen LogP) is 7.78. The lowest BCUT2D eigenvalue weighted by Gasteiger charge is -2.43. The maximum Gasteiger partial charge on any atom is 0.259 e. The molecule has 0 spiro atoms. The van der Waals surface area contributed by atoms with Crippen LogP contribution in [-0.4, -0.2) is 13.0 Å². The first-order valence-electron chi connectivity index (χ1n) is 10.2. The van der Waals surface area contributed by atoms with Gasteiger partial charge in [-0.15, -0.1) is 0 Å². The second kappa shape index (κ2) is 7.96. The lowest BCUT2D eigenvalue weighted by Crippen LogP contribution is -2.47. The van der Waals surface area contributed by atoms with Gasteiger partial charge in [-0.2, -0.15) is 0 Å². The fourth-order valence-electron chi connectivity index (χ4n) is 4.26. The van der Waals surface area contributed by atoms with Gasteiger partial charge in [0, 0.05) is 16.7 Å². The summed E-state index contributed by atoms with van der Waals surface area (Å²) in [4.78, 5) is 16.9. The van der Waals surface area contributed by atoms with Gasteiger partial charge in [0.2, 0.25) is 0 Å². The van der Waals surface area contributed by atoms with E-state index in [0.717, 1.165) is 42.4 Å². The molecule has 0 saturated heterocycles. The van der Waals surface area contributed by atoms with Crippen molar-refractivity contribution in [1.29, 1.82) is 0 Å². The third-order valence-electron chi connectivity index (χ3n) is 5.90. The third-order valence-corrected chi connectivity index (χ3v) is 9.23. The summed E-state index contributed by atoms with van der Waals surface area (Å²) in [6, 6.07) is 23.9. The first-order chi connectivity index (χ1) is 15.4. The Balaban J connectivity index is 1.61. The minimum atomic E-state index is -0.523. The van der Waals surface area contributed by atoms with Crippen molar-refractivity contribution in [3.63, 3.8) is 0 Å². The molecule has 0 fully saturated rings. The summed E-state index contributed by atoms with van der Waals surface area (Å²) in [7, 11) is 4.89. The van der Waals surface area contributed by atoms with Crippen LogP contribution in [0.4, 0.5) is 5.69 Å². The van der Waals surface area contributed by atoms with Crippen LogP contribution in [0.15, 0.2) is 72.8 Å². The highest BCUT2D eigenvalue weighted by Gasteiger charge is 2.43. The van der Waals surface area contributed by atoms with Crippen LogP contribution in [0.1, 0.15) is 29.1 Å². The number of rotatable bonds is 3. The quantitative estimate of drug-likeness (QED) is 0.224. The number of anilines is 1. The van der Waals surface area contributed by atoms with Crippen molar-refractivity contribution in [3.05, 3.63) is 87.1 Å². The van der Waals surface area contributed by atoms with E-state index < -0.39 is 5.54 Å². The summed E-state index contributed by atoms with van der Waals surface area (Å²) in [6.45, 7) is 4.18. The molecule has 3 nitrogen and oxygen atoms in total. The van der Waals surface area contributed by atoms with Gasteiger partial charge < -0.3 is 4.74 Å². The molecular formula is C26H21NO2S3. The van der Waals surface area contributed by atoms with Crippen LogP contribution in [0.3, 0.4) is 0 Å². The maximum atomic E-state index is 13.9. The second-order valence-electron chi connectivity index (χ2n) is 8.18. The molecule has 1 aliphatic rings. The molecule has 3 aromatic carbocycles. The van der Waals surface area contributed by atoms with Crippen molar-refractivity contribution in [2.75, 3.05) is 12.0 Å². The minimum Gasteiger partial charge on any atom is -0.497 e. The molecule has 160 valence electrons. The Kier molecular flexibility index (Phi) is 5.24. The summed E-state index contributed by atoms with van der Waals surface area (Å²) in [5.41, 5.74) is 5.21. The highest BCUT2D eigenvalue weighted by molar-refractivity contribution is 7.80. The molecule has 0 atom stereocenters. The molecule has 0 saturated carbocycles. The fourth-order valence-corrected chi connectivity index (χ4v) is 7.55. The molecule has 0 N–H and O–H groups in total. The van der Waals surface area contributed by atoms with Gasteiger partial charge in [0.05, 0.1) is 23.2 Å². The third kappa shape index (κ3) is 3.30. The normalized spacial score (nSPS) is 13.9. The fraction of sp³-hybridized carbons (Fsp3) is 0.154. The van der Waals surface area contributed by atoms with Crippen molar-refractivity contribution in [2.24, 2.45) is 0 Å². The van der Waals surface area contributed by atoms with Gasteiger partial charge in [-0.3, -0.25) is 9.69 Å². The summed E-state index contributed by atoms with van der Waals surface area (Å²) >= 11 is 5.67. The lowest BCUT2D eigenvalue weighted by atomic mass is 9.86. The number of hydrogen-bond donors (Lipinski definition) is 0. The maximum absolute atomic E-state index is 13.9. The van der Waals surface area contributed by atoms with Gasteiger partial charge in [-0.25, -0.2) is 0 Å². The van der Waals surface area contributed by atoms with E-state index in [1.807, 2.05) is 65.6 Å². The standard InChI is InChI=1S/C26H21NO2S3/c1-26(2)23-22(25(30)32-31-23)20-15-19(29-3)13-14-21(20)27(26)24(28)18-11-9-17(10-12-18)16-7-5-4-6-8-16/h4-15H,1-3H3. The molecule has 0 bridgehead atoms. The minimum absolute atomic E-state index is 0.0315. The van der Waals surface area contributed by atoms with E-state index in [0.29, 0.717) is 5.56 Å². The predicted molar refractivity (Wildman–Crippen MR) is 137 cm³/mol. The van der Waals surface area contributed by atoms with Crippen molar-refractivity contribution < 1.29 is 9.53 Å². The first-order valence-corrected chi connectivity index (χ1v) is 12.8. The van der Waals surface area contributed by atoms with Crippen molar-refractivity contribution in [1.82, 2.24) is 0 Å². The number of nitrogens with zero attached hydrogens (tertiary/aromatic N) is 1. The Morgan fingerprint density at radius 3 is 2.31 bits per heavy atom. The van der Waals surface area contributed by atoms with Gasteiger partial charge in [0.15, 0.2) is 0 Å². The van der Waals surface area contributed by atoms with Gasteiger partial charge in [-0.1, -0.05) is 75.4 Å². The Morgan fingerprint density at radius 1 is 0.938 bits per heavy atom. The average Bonchev–Trinajstić information content (AvgIpc) is 3.22. The van der Waals surface area contributed by atoms with E-state index in [-0.39, 0.29) is 5.91 Å². The smallest absolute Gasteiger partial charge is 0.259 e. The summed E-state index contributed by atoms with van der Waals surface area (Å²) in [5.74, 6) is 0.718. The first kappa shape index (κ1) is 21.1. The summed E-state index contributed by atoms with van der Waals surface area (Å²) in [5, 5.41) is 0. The van der Waals surface area contributed by atoms with Crippen molar-refractivity contribution >= 4 is 44.5 Å². The molecule has 32 heavy (non-hydrogen) atoms. The Hall–Kier alpha value is -2.80. The number of carbonyl (C=O) groups excluding carboxylic acids is 1.